The van der Waals surface area contributed by atoms with E-state index < -0.39 is 0 Å². The summed E-state index contributed by atoms with van der Waals surface area (Å²) in [5, 5.41) is 3.49. The van der Waals surface area contributed by atoms with Gasteiger partial charge in [-0.25, -0.2) is 4.79 Å². The molecule has 3 nitrogen and oxygen atoms in total. The summed E-state index contributed by atoms with van der Waals surface area (Å²) in [4.78, 5) is 11.7. The lowest BCUT2D eigenvalue weighted by molar-refractivity contribution is 0.0505. The minimum absolute atomic E-state index is 0.232. The smallest absolute Gasteiger partial charge is 0.338 e. The molecule has 1 fully saturated rings. The lowest BCUT2D eigenvalue weighted by atomic mass is 9.82. The maximum atomic E-state index is 11.7. The SMILES string of the molecule is CCCOC(=O)c1ccc(NCC2CCCC(C)C2)cc1. The lowest BCUT2D eigenvalue weighted by Crippen LogP contribution is -2.21. The van der Waals surface area contributed by atoms with Crippen molar-refractivity contribution >= 4 is 11.7 Å². The second-order valence-electron chi connectivity index (χ2n) is 6.23. The van der Waals surface area contributed by atoms with Crippen molar-refractivity contribution in [1.29, 1.82) is 0 Å². The van der Waals surface area contributed by atoms with Gasteiger partial charge in [-0.2, -0.15) is 0 Å². The molecule has 2 unspecified atom stereocenters. The van der Waals surface area contributed by atoms with Crippen molar-refractivity contribution in [1.82, 2.24) is 0 Å². The highest BCUT2D eigenvalue weighted by atomic mass is 16.5. The summed E-state index contributed by atoms with van der Waals surface area (Å²) in [5.74, 6) is 1.41. The number of carbonyl (C=O) groups is 1. The van der Waals surface area contributed by atoms with Gasteiger partial charge in [-0.1, -0.05) is 26.7 Å². The predicted molar refractivity (Wildman–Crippen MR) is 86.6 cm³/mol. The summed E-state index contributed by atoms with van der Waals surface area (Å²) < 4.78 is 5.12. The molecule has 1 N–H and O–H groups in total. The summed E-state index contributed by atoms with van der Waals surface area (Å²) in [6, 6.07) is 7.61. The minimum Gasteiger partial charge on any atom is -0.462 e. The number of benzene rings is 1. The molecule has 0 aromatic heterocycles. The number of ether oxygens (including phenoxy) is 1. The van der Waals surface area contributed by atoms with Gasteiger partial charge in [-0.15, -0.1) is 0 Å². The van der Waals surface area contributed by atoms with Crippen molar-refractivity contribution in [3.8, 4) is 0 Å². The number of rotatable bonds is 6. The van der Waals surface area contributed by atoms with Gasteiger partial charge in [0.25, 0.3) is 0 Å². The first-order chi connectivity index (χ1) is 10.2. The molecule has 1 aliphatic rings. The second kappa shape index (κ2) is 8.06. The number of carbonyl (C=O) groups excluding carboxylic acids is 1. The van der Waals surface area contributed by atoms with Crippen LogP contribution in [0.1, 0.15) is 56.3 Å². The molecule has 0 aliphatic heterocycles. The molecule has 0 radical (unpaired) electrons. The Labute approximate surface area is 128 Å². The summed E-state index contributed by atoms with van der Waals surface area (Å²) in [7, 11) is 0. The summed E-state index contributed by atoms with van der Waals surface area (Å²) in [6.45, 7) is 5.86. The van der Waals surface area contributed by atoms with E-state index in [4.69, 9.17) is 4.74 Å². The van der Waals surface area contributed by atoms with E-state index in [-0.39, 0.29) is 5.97 Å². The van der Waals surface area contributed by atoms with Crippen LogP contribution < -0.4 is 5.32 Å². The highest BCUT2D eigenvalue weighted by Gasteiger charge is 2.18. The van der Waals surface area contributed by atoms with E-state index in [2.05, 4.69) is 12.2 Å². The Balaban J connectivity index is 1.80. The molecule has 1 aliphatic carbocycles. The van der Waals surface area contributed by atoms with Gasteiger partial charge >= 0.3 is 5.97 Å². The number of esters is 1. The Morgan fingerprint density at radius 2 is 2.05 bits per heavy atom. The van der Waals surface area contributed by atoms with Gasteiger partial charge in [-0.3, -0.25) is 0 Å². The highest BCUT2D eigenvalue weighted by Crippen LogP contribution is 2.28. The molecule has 116 valence electrons. The summed E-state index contributed by atoms with van der Waals surface area (Å²) >= 11 is 0. The Bertz CT molecular complexity index is 441. The molecule has 0 bridgehead atoms. The van der Waals surface area contributed by atoms with E-state index in [9.17, 15) is 4.79 Å². The Hall–Kier alpha value is -1.51. The molecule has 0 amide bonds. The standard InChI is InChI=1S/C18H27NO2/c1-3-11-21-18(20)16-7-9-17(10-8-16)19-13-15-6-4-5-14(2)12-15/h7-10,14-15,19H,3-6,11-13H2,1-2H3. The summed E-state index contributed by atoms with van der Waals surface area (Å²) in [5.41, 5.74) is 1.71. The van der Waals surface area contributed by atoms with Crippen LogP contribution in [0.5, 0.6) is 0 Å². The largest absolute Gasteiger partial charge is 0.462 e. The fourth-order valence-electron chi connectivity index (χ4n) is 3.01. The van der Waals surface area contributed by atoms with Crippen LogP contribution in [0.25, 0.3) is 0 Å². The zero-order valence-electron chi connectivity index (χ0n) is 13.2. The van der Waals surface area contributed by atoms with Gasteiger partial charge in [0.2, 0.25) is 0 Å². The minimum atomic E-state index is -0.232. The molecule has 1 saturated carbocycles. The highest BCUT2D eigenvalue weighted by molar-refractivity contribution is 5.89. The molecule has 1 aromatic rings. The molecule has 0 heterocycles. The van der Waals surface area contributed by atoms with Crippen LogP contribution in [0, 0.1) is 11.8 Å². The maximum absolute atomic E-state index is 11.7. The monoisotopic (exact) mass is 289 g/mol. The zero-order valence-corrected chi connectivity index (χ0v) is 13.2. The average molecular weight is 289 g/mol. The molecule has 3 heteroatoms. The van der Waals surface area contributed by atoms with Gasteiger partial charge < -0.3 is 10.1 Å². The first-order valence-corrected chi connectivity index (χ1v) is 8.20. The first-order valence-electron chi connectivity index (χ1n) is 8.20. The van der Waals surface area contributed by atoms with Gasteiger partial charge in [0, 0.05) is 12.2 Å². The second-order valence-corrected chi connectivity index (χ2v) is 6.23. The fourth-order valence-corrected chi connectivity index (χ4v) is 3.01. The van der Waals surface area contributed by atoms with Crippen LogP contribution in [0.2, 0.25) is 0 Å². The number of nitrogens with one attached hydrogen (secondary N) is 1. The Morgan fingerprint density at radius 3 is 2.71 bits per heavy atom. The normalized spacial score (nSPS) is 21.8. The first kappa shape index (κ1) is 15.9. The molecule has 1 aromatic carbocycles. The van der Waals surface area contributed by atoms with Crippen LogP contribution >= 0.6 is 0 Å². The van der Waals surface area contributed by atoms with Crippen molar-refractivity contribution in [3.05, 3.63) is 29.8 Å². The topological polar surface area (TPSA) is 38.3 Å². The Kier molecular flexibility index (Phi) is 6.09. The van der Waals surface area contributed by atoms with Crippen molar-refractivity contribution < 1.29 is 9.53 Å². The van der Waals surface area contributed by atoms with E-state index >= 15 is 0 Å². The van der Waals surface area contributed by atoms with Gasteiger partial charge in [0.05, 0.1) is 12.2 Å². The Morgan fingerprint density at radius 1 is 1.29 bits per heavy atom. The van der Waals surface area contributed by atoms with Crippen LogP contribution in [0.4, 0.5) is 5.69 Å². The molecule has 2 atom stereocenters. The van der Waals surface area contributed by atoms with Crippen LogP contribution in [0.3, 0.4) is 0 Å². The molecule has 0 spiro atoms. The van der Waals surface area contributed by atoms with Gasteiger partial charge in [0.15, 0.2) is 0 Å². The average Bonchev–Trinajstić information content (AvgIpc) is 2.51. The van der Waals surface area contributed by atoms with E-state index in [1.165, 1.54) is 25.7 Å². The summed E-state index contributed by atoms with van der Waals surface area (Å²) in [6.07, 6.45) is 6.25. The molecule has 2 rings (SSSR count). The van der Waals surface area contributed by atoms with Crippen molar-refractivity contribution in [2.75, 3.05) is 18.5 Å². The van der Waals surface area contributed by atoms with E-state index in [0.29, 0.717) is 12.2 Å². The number of anilines is 1. The molecule has 0 saturated heterocycles. The third kappa shape index (κ3) is 5.07. The van der Waals surface area contributed by atoms with Crippen LogP contribution in [0.15, 0.2) is 24.3 Å². The molecule has 21 heavy (non-hydrogen) atoms. The van der Waals surface area contributed by atoms with Crippen molar-refractivity contribution in [3.63, 3.8) is 0 Å². The fraction of sp³-hybridized carbons (Fsp3) is 0.611. The number of hydrogen-bond acceptors (Lipinski definition) is 3. The quantitative estimate of drug-likeness (QED) is 0.784. The number of hydrogen-bond donors (Lipinski definition) is 1. The van der Waals surface area contributed by atoms with E-state index in [1.807, 2.05) is 31.2 Å². The van der Waals surface area contributed by atoms with Gasteiger partial charge in [-0.05, 0) is 55.4 Å². The zero-order chi connectivity index (χ0) is 15.1. The van der Waals surface area contributed by atoms with Crippen molar-refractivity contribution in [2.45, 2.75) is 46.0 Å². The molecular weight excluding hydrogens is 262 g/mol. The van der Waals surface area contributed by atoms with Gasteiger partial charge in [0.1, 0.15) is 0 Å². The lowest BCUT2D eigenvalue weighted by Gasteiger charge is -2.27. The third-order valence-corrected chi connectivity index (χ3v) is 4.20. The third-order valence-electron chi connectivity index (χ3n) is 4.20. The van der Waals surface area contributed by atoms with Crippen LogP contribution in [-0.4, -0.2) is 19.1 Å². The van der Waals surface area contributed by atoms with Crippen LogP contribution in [-0.2, 0) is 4.74 Å². The molecular formula is C18H27NO2. The van der Waals surface area contributed by atoms with Crippen molar-refractivity contribution in [2.24, 2.45) is 11.8 Å². The van der Waals surface area contributed by atoms with E-state index in [0.717, 1.165) is 30.5 Å². The maximum Gasteiger partial charge on any atom is 0.338 e. The van der Waals surface area contributed by atoms with E-state index in [1.54, 1.807) is 0 Å². The predicted octanol–water partition coefficient (Wildman–Crippen LogP) is 4.49.